The third kappa shape index (κ3) is 3.87. The summed E-state index contributed by atoms with van der Waals surface area (Å²) >= 11 is 0. The van der Waals surface area contributed by atoms with Gasteiger partial charge in [0.1, 0.15) is 5.54 Å². The van der Waals surface area contributed by atoms with Crippen LogP contribution in [0.3, 0.4) is 0 Å². The molecule has 7 heteroatoms. The number of carbonyl (C=O) groups excluding carboxylic acids is 1. The monoisotopic (exact) mass is 322 g/mol. The SMILES string of the molecule is CCC(C)C(C(N)=O)(c1ccccc1)N(CC(=O)O)CC(=O)O. The molecule has 2 unspecified atom stereocenters. The van der Waals surface area contributed by atoms with Crippen LogP contribution in [0, 0.1) is 5.92 Å². The highest BCUT2D eigenvalue weighted by atomic mass is 16.4. The van der Waals surface area contributed by atoms with Crippen molar-refractivity contribution in [3.63, 3.8) is 0 Å². The van der Waals surface area contributed by atoms with Gasteiger partial charge in [-0.2, -0.15) is 0 Å². The van der Waals surface area contributed by atoms with Crippen molar-refractivity contribution in [1.82, 2.24) is 4.90 Å². The highest BCUT2D eigenvalue weighted by molar-refractivity contribution is 5.88. The molecule has 126 valence electrons. The lowest BCUT2D eigenvalue weighted by Crippen LogP contribution is -2.61. The van der Waals surface area contributed by atoms with Gasteiger partial charge in [0.05, 0.1) is 13.1 Å². The summed E-state index contributed by atoms with van der Waals surface area (Å²) in [4.78, 5) is 36.0. The molecule has 1 rings (SSSR count). The molecular formula is C16H22N2O5. The first-order chi connectivity index (χ1) is 10.8. The molecule has 0 aromatic heterocycles. The predicted molar refractivity (Wildman–Crippen MR) is 83.6 cm³/mol. The Balaban J connectivity index is 3.60. The summed E-state index contributed by atoms with van der Waals surface area (Å²) in [5, 5.41) is 18.3. The number of carboxylic acids is 2. The van der Waals surface area contributed by atoms with Crippen molar-refractivity contribution < 1.29 is 24.6 Å². The fraction of sp³-hybridized carbons (Fsp3) is 0.438. The summed E-state index contributed by atoms with van der Waals surface area (Å²) in [6, 6.07) is 8.48. The highest BCUT2D eigenvalue weighted by Gasteiger charge is 2.49. The van der Waals surface area contributed by atoms with Gasteiger partial charge >= 0.3 is 11.9 Å². The number of primary amides is 1. The number of carbonyl (C=O) groups is 3. The summed E-state index contributed by atoms with van der Waals surface area (Å²) in [7, 11) is 0. The van der Waals surface area contributed by atoms with E-state index >= 15 is 0 Å². The number of nitrogens with two attached hydrogens (primary N) is 1. The molecule has 0 heterocycles. The molecule has 0 spiro atoms. The van der Waals surface area contributed by atoms with Gasteiger partial charge in [-0.1, -0.05) is 50.6 Å². The van der Waals surface area contributed by atoms with Gasteiger partial charge in [0.2, 0.25) is 5.91 Å². The Hall–Kier alpha value is -2.41. The molecule has 0 radical (unpaired) electrons. The van der Waals surface area contributed by atoms with Crippen LogP contribution in [0.2, 0.25) is 0 Å². The van der Waals surface area contributed by atoms with Gasteiger partial charge in [0.15, 0.2) is 0 Å². The van der Waals surface area contributed by atoms with E-state index in [1.807, 2.05) is 6.92 Å². The summed E-state index contributed by atoms with van der Waals surface area (Å²) < 4.78 is 0. The Morgan fingerprint density at radius 3 is 1.96 bits per heavy atom. The van der Waals surface area contributed by atoms with Crippen molar-refractivity contribution >= 4 is 17.8 Å². The van der Waals surface area contributed by atoms with Crippen LogP contribution in [0.25, 0.3) is 0 Å². The largest absolute Gasteiger partial charge is 0.480 e. The number of amides is 1. The molecule has 2 atom stereocenters. The lowest BCUT2D eigenvalue weighted by Gasteiger charge is -2.44. The third-order valence-electron chi connectivity index (χ3n) is 4.07. The van der Waals surface area contributed by atoms with Crippen molar-refractivity contribution in [2.75, 3.05) is 13.1 Å². The van der Waals surface area contributed by atoms with Crippen LogP contribution < -0.4 is 5.73 Å². The standard InChI is InChI=1S/C16H22N2O5/c1-3-11(2)16(15(17)23,12-7-5-4-6-8-12)18(9-13(19)20)10-14(21)22/h4-8,11H,3,9-10H2,1-2H3,(H2,17,23)(H,19,20)(H,21,22). The van der Waals surface area contributed by atoms with Gasteiger partial charge in [-0.15, -0.1) is 0 Å². The first-order valence-electron chi connectivity index (χ1n) is 7.30. The van der Waals surface area contributed by atoms with E-state index in [2.05, 4.69) is 0 Å². The second-order valence-corrected chi connectivity index (χ2v) is 5.45. The zero-order valence-corrected chi connectivity index (χ0v) is 13.2. The zero-order chi connectivity index (χ0) is 17.6. The van der Waals surface area contributed by atoms with Gasteiger partial charge in [-0.3, -0.25) is 19.3 Å². The quantitative estimate of drug-likeness (QED) is 0.620. The van der Waals surface area contributed by atoms with E-state index in [1.54, 1.807) is 37.3 Å². The molecule has 0 fully saturated rings. The number of aliphatic carboxylic acids is 2. The van der Waals surface area contributed by atoms with Crippen LogP contribution in [0.5, 0.6) is 0 Å². The fourth-order valence-corrected chi connectivity index (χ4v) is 2.94. The molecule has 0 aliphatic heterocycles. The summed E-state index contributed by atoms with van der Waals surface area (Å²) in [5.74, 6) is -3.59. The molecule has 1 amide bonds. The summed E-state index contributed by atoms with van der Waals surface area (Å²) in [6.45, 7) is 2.39. The van der Waals surface area contributed by atoms with E-state index < -0.39 is 36.5 Å². The maximum atomic E-state index is 12.4. The third-order valence-corrected chi connectivity index (χ3v) is 4.07. The maximum Gasteiger partial charge on any atom is 0.317 e. The molecule has 1 aromatic rings. The van der Waals surface area contributed by atoms with E-state index in [-0.39, 0.29) is 5.92 Å². The maximum absolute atomic E-state index is 12.4. The van der Waals surface area contributed by atoms with Gasteiger partial charge in [0.25, 0.3) is 0 Å². The molecule has 1 aromatic carbocycles. The minimum atomic E-state index is -1.51. The lowest BCUT2D eigenvalue weighted by atomic mass is 9.75. The van der Waals surface area contributed by atoms with E-state index in [9.17, 15) is 14.4 Å². The van der Waals surface area contributed by atoms with Crippen LogP contribution in [0.1, 0.15) is 25.8 Å². The number of nitrogens with zero attached hydrogens (tertiary/aromatic N) is 1. The first-order valence-corrected chi connectivity index (χ1v) is 7.30. The van der Waals surface area contributed by atoms with Gasteiger partial charge in [-0.25, -0.2) is 0 Å². The van der Waals surface area contributed by atoms with Crippen molar-refractivity contribution in [2.45, 2.75) is 25.8 Å². The van der Waals surface area contributed by atoms with Crippen LogP contribution >= 0.6 is 0 Å². The molecule has 4 N–H and O–H groups in total. The van der Waals surface area contributed by atoms with Crippen LogP contribution in [-0.4, -0.2) is 46.0 Å². The second-order valence-electron chi connectivity index (χ2n) is 5.45. The van der Waals surface area contributed by atoms with Crippen LogP contribution in [-0.2, 0) is 19.9 Å². The summed E-state index contributed by atoms with van der Waals surface area (Å²) in [6.07, 6.45) is 0.521. The Bertz CT molecular complexity index is 559. The number of hydrogen-bond acceptors (Lipinski definition) is 4. The number of hydrogen-bond donors (Lipinski definition) is 3. The topological polar surface area (TPSA) is 121 Å². The zero-order valence-electron chi connectivity index (χ0n) is 13.2. The smallest absolute Gasteiger partial charge is 0.317 e. The molecule has 0 aliphatic carbocycles. The average molecular weight is 322 g/mol. The Morgan fingerprint density at radius 2 is 1.61 bits per heavy atom. The second kappa shape index (κ2) is 7.73. The van der Waals surface area contributed by atoms with E-state index in [0.717, 1.165) is 4.90 Å². The highest BCUT2D eigenvalue weighted by Crippen LogP contribution is 2.37. The first kappa shape index (κ1) is 18.6. The molecule has 7 nitrogen and oxygen atoms in total. The molecule has 23 heavy (non-hydrogen) atoms. The number of carboxylic acid groups (broad SMARTS) is 2. The van der Waals surface area contributed by atoms with Gasteiger partial charge in [-0.05, 0) is 11.5 Å². The van der Waals surface area contributed by atoms with Crippen molar-refractivity contribution in [1.29, 1.82) is 0 Å². The normalized spacial score (nSPS) is 14.9. The minimum absolute atomic E-state index is 0.374. The molecule has 0 saturated heterocycles. The van der Waals surface area contributed by atoms with Crippen LogP contribution in [0.15, 0.2) is 30.3 Å². The average Bonchev–Trinajstić information content (AvgIpc) is 2.47. The molecule has 0 bridgehead atoms. The van der Waals surface area contributed by atoms with Crippen molar-refractivity contribution in [3.8, 4) is 0 Å². The molecule has 0 aliphatic rings. The lowest BCUT2D eigenvalue weighted by molar-refractivity contribution is -0.150. The van der Waals surface area contributed by atoms with E-state index in [1.165, 1.54) is 0 Å². The van der Waals surface area contributed by atoms with E-state index in [0.29, 0.717) is 12.0 Å². The number of rotatable bonds is 9. The fourth-order valence-electron chi connectivity index (χ4n) is 2.94. The Labute approximate surface area is 134 Å². The van der Waals surface area contributed by atoms with E-state index in [4.69, 9.17) is 15.9 Å². The Morgan fingerprint density at radius 1 is 1.13 bits per heavy atom. The van der Waals surface area contributed by atoms with Crippen molar-refractivity contribution in [2.24, 2.45) is 11.7 Å². The van der Waals surface area contributed by atoms with Crippen LogP contribution in [0.4, 0.5) is 0 Å². The van der Waals surface area contributed by atoms with Crippen molar-refractivity contribution in [3.05, 3.63) is 35.9 Å². The minimum Gasteiger partial charge on any atom is -0.480 e. The predicted octanol–water partition coefficient (Wildman–Crippen LogP) is 0.885. The number of benzene rings is 1. The molecule has 0 saturated carbocycles. The summed E-state index contributed by atoms with van der Waals surface area (Å²) in [5.41, 5.74) is 4.65. The molecular weight excluding hydrogens is 300 g/mol. The Kier molecular flexibility index (Phi) is 6.27. The van der Waals surface area contributed by atoms with Gasteiger partial charge < -0.3 is 15.9 Å². The van der Waals surface area contributed by atoms with Gasteiger partial charge in [0, 0.05) is 0 Å².